The number of carbonyl (C=O) groups is 1. The summed E-state index contributed by atoms with van der Waals surface area (Å²) < 4.78 is 47.8. The molecule has 1 saturated heterocycles. The van der Waals surface area contributed by atoms with Crippen LogP contribution in [0.3, 0.4) is 0 Å². The molecule has 0 radical (unpaired) electrons. The zero-order valence-corrected chi connectivity index (χ0v) is 23.7. The first kappa shape index (κ1) is 30.5. The van der Waals surface area contributed by atoms with Crippen LogP contribution in [0.5, 0.6) is 5.75 Å². The van der Waals surface area contributed by atoms with Gasteiger partial charge in [0.15, 0.2) is 5.76 Å². The Kier molecular flexibility index (Phi) is 10.9. The summed E-state index contributed by atoms with van der Waals surface area (Å²) in [7, 11) is 4.02. The molecule has 0 atom stereocenters. The number of alkyl halides is 3. The van der Waals surface area contributed by atoms with Crippen LogP contribution < -0.4 is 4.74 Å². The lowest BCUT2D eigenvalue weighted by molar-refractivity contribution is -0.137. The van der Waals surface area contributed by atoms with E-state index in [1.807, 2.05) is 36.2 Å². The number of nitrogens with zero attached hydrogens (tertiary/aromatic N) is 2. The standard InChI is InChI=1S/C23H34N2O3.C8H7F3/c1-5-7-19(8-6-2)27-20-9-10-21-17(15-20)16-22(28-21)23(26)25(4)18-11-13-24(3)14-12-18;1-6-2-4-7(5-3-6)8(9,10)11/h9-10,15-16,18-19H,5-8,11-14H2,1-4H3;2-5H,1H3. The number of carbonyl (C=O) groups excluding carboxylic acids is 1. The van der Waals surface area contributed by atoms with Crippen molar-refractivity contribution in [1.82, 2.24) is 9.80 Å². The van der Waals surface area contributed by atoms with E-state index in [1.54, 1.807) is 6.92 Å². The van der Waals surface area contributed by atoms with Crippen molar-refractivity contribution in [2.45, 2.75) is 77.6 Å². The summed E-state index contributed by atoms with van der Waals surface area (Å²) in [4.78, 5) is 17.1. The van der Waals surface area contributed by atoms with Gasteiger partial charge in [0.25, 0.3) is 5.91 Å². The molecule has 4 rings (SSSR count). The van der Waals surface area contributed by atoms with Crippen LogP contribution in [-0.4, -0.2) is 55.0 Å². The summed E-state index contributed by atoms with van der Waals surface area (Å²) in [5.41, 5.74) is 0.969. The van der Waals surface area contributed by atoms with E-state index in [0.717, 1.165) is 86.0 Å². The highest BCUT2D eigenvalue weighted by molar-refractivity contribution is 5.96. The minimum atomic E-state index is -4.21. The number of likely N-dealkylation sites (tertiary alicyclic amines) is 1. The number of piperidine rings is 1. The van der Waals surface area contributed by atoms with Crippen LogP contribution in [0.15, 0.2) is 52.9 Å². The van der Waals surface area contributed by atoms with E-state index >= 15 is 0 Å². The molecular weight excluding hydrogens is 505 g/mol. The molecule has 0 saturated carbocycles. The summed E-state index contributed by atoms with van der Waals surface area (Å²) in [5, 5.41) is 0.921. The Bertz CT molecular complexity index is 1180. The van der Waals surface area contributed by atoms with Gasteiger partial charge in [-0.25, -0.2) is 0 Å². The fourth-order valence-corrected chi connectivity index (χ4v) is 4.76. The molecule has 1 aliphatic heterocycles. The van der Waals surface area contributed by atoms with Gasteiger partial charge < -0.3 is 19.0 Å². The van der Waals surface area contributed by atoms with E-state index < -0.39 is 11.7 Å². The maximum absolute atomic E-state index is 12.9. The number of ether oxygens (including phenoxy) is 1. The van der Waals surface area contributed by atoms with E-state index in [0.29, 0.717) is 5.76 Å². The van der Waals surface area contributed by atoms with Crippen molar-refractivity contribution in [3.63, 3.8) is 0 Å². The molecule has 1 fully saturated rings. The number of fused-ring (bicyclic) bond motifs is 1. The molecule has 0 spiro atoms. The number of halogens is 3. The summed E-state index contributed by atoms with van der Waals surface area (Å²) in [5.74, 6) is 1.22. The SMILES string of the molecule is CCCC(CCC)Oc1ccc2oc(C(=O)N(C)C3CCN(C)CC3)cc2c1.Cc1ccc(C(F)(F)F)cc1. The molecule has 2 heterocycles. The number of benzene rings is 2. The summed E-state index contributed by atoms with van der Waals surface area (Å²) in [6.45, 7) is 8.17. The minimum Gasteiger partial charge on any atom is -0.490 e. The largest absolute Gasteiger partial charge is 0.490 e. The smallest absolute Gasteiger partial charge is 0.416 e. The number of hydrogen-bond donors (Lipinski definition) is 0. The third kappa shape index (κ3) is 8.75. The molecule has 1 aliphatic rings. The van der Waals surface area contributed by atoms with Gasteiger partial charge in [-0.15, -0.1) is 0 Å². The van der Waals surface area contributed by atoms with Crippen molar-refractivity contribution in [2.24, 2.45) is 0 Å². The van der Waals surface area contributed by atoms with Crippen LogP contribution in [0.25, 0.3) is 11.0 Å². The Balaban J connectivity index is 0.000000320. The van der Waals surface area contributed by atoms with Crippen LogP contribution in [0.4, 0.5) is 13.2 Å². The maximum Gasteiger partial charge on any atom is 0.416 e. The number of furan rings is 1. The van der Waals surface area contributed by atoms with Gasteiger partial charge in [0.05, 0.1) is 11.7 Å². The summed E-state index contributed by atoms with van der Waals surface area (Å²) in [6.07, 6.45) is 2.39. The van der Waals surface area contributed by atoms with E-state index in [1.165, 1.54) is 12.1 Å². The Morgan fingerprint density at radius 1 is 1.05 bits per heavy atom. The van der Waals surface area contributed by atoms with Gasteiger partial charge >= 0.3 is 6.18 Å². The summed E-state index contributed by atoms with van der Waals surface area (Å²) in [6, 6.07) is 13.0. The fourth-order valence-electron chi connectivity index (χ4n) is 4.76. The second kappa shape index (κ2) is 13.9. The quantitative estimate of drug-likeness (QED) is 0.288. The van der Waals surface area contributed by atoms with Crippen LogP contribution in [0, 0.1) is 6.92 Å². The molecule has 2 aromatic carbocycles. The first-order valence-corrected chi connectivity index (χ1v) is 13.8. The van der Waals surface area contributed by atoms with E-state index in [2.05, 4.69) is 25.8 Å². The van der Waals surface area contributed by atoms with Gasteiger partial charge in [-0.3, -0.25) is 4.79 Å². The van der Waals surface area contributed by atoms with Crippen molar-refractivity contribution in [1.29, 1.82) is 0 Å². The van der Waals surface area contributed by atoms with Crippen molar-refractivity contribution < 1.29 is 27.1 Å². The number of hydrogen-bond acceptors (Lipinski definition) is 4. The van der Waals surface area contributed by atoms with Crippen LogP contribution in [0.1, 0.15) is 74.1 Å². The van der Waals surface area contributed by atoms with Gasteiger partial charge in [0.2, 0.25) is 0 Å². The second-order valence-corrected chi connectivity index (χ2v) is 10.4. The van der Waals surface area contributed by atoms with E-state index in [9.17, 15) is 18.0 Å². The van der Waals surface area contributed by atoms with Crippen LogP contribution in [-0.2, 0) is 6.18 Å². The Hall–Kier alpha value is -3.00. The van der Waals surface area contributed by atoms with Gasteiger partial charge in [-0.2, -0.15) is 13.2 Å². The van der Waals surface area contributed by atoms with Gasteiger partial charge in [0, 0.05) is 18.5 Å². The van der Waals surface area contributed by atoms with Crippen molar-refractivity contribution in [3.05, 3.63) is 65.4 Å². The minimum absolute atomic E-state index is 0.0388. The predicted molar refractivity (Wildman–Crippen MR) is 149 cm³/mol. The lowest BCUT2D eigenvalue weighted by Gasteiger charge is -2.34. The highest BCUT2D eigenvalue weighted by Crippen LogP contribution is 2.29. The lowest BCUT2D eigenvalue weighted by atomic mass is 10.0. The first-order valence-electron chi connectivity index (χ1n) is 13.8. The lowest BCUT2D eigenvalue weighted by Crippen LogP contribution is -2.44. The molecule has 3 aromatic rings. The number of rotatable bonds is 8. The van der Waals surface area contributed by atoms with Crippen molar-refractivity contribution >= 4 is 16.9 Å². The number of aryl methyl sites for hydroxylation is 1. The maximum atomic E-state index is 12.9. The van der Waals surface area contributed by atoms with Gasteiger partial charge in [-0.1, -0.05) is 44.4 Å². The molecule has 1 amide bonds. The summed E-state index contributed by atoms with van der Waals surface area (Å²) >= 11 is 0. The van der Waals surface area contributed by atoms with Crippen LogP contribution >= 0.6 is 0 Å². The fraction of sp³-hybridized carbons (Fsp3) is 0.516. The molecule has 39 heavy (non-hydrogen) atoms. The van der Waals surface area contributed by atoms with Crippen molar-refractivity contribution in [2.75, 3.05) is 27.2 Å². The normalized spacial score (nSPS) is 14.8. The highest BCUT2D eigenvalue weighted by atomic mass is 19.4. The molecule has 5 nitrogen and oxygen atoms in total. The highest BCUT2D eigenvalue weighted by Gasteiger charge is 2.30. The zero-order valence-electron chi connectivity index (χ0n) is 23.7. The Labute approximate surface area is 229 Å². The average molecular weight is 547 g/mol. The Morgan fingerprint density at radius 2 is 1.67 bits per heavy atom. The Morgan fingerprint density at radius 3 is 2.23 bits per heavy atom. The van der Waals surface area contributed by atoms with E-state index in [-0.39, 0.29) is 18.1 Å². The molecule has 214 valence electrons. The van der Waals surface area contributed by atoms with Gasteiger partial charge in [-0.05, 0) is 89.1 Å². The van der Waals surface area contributed by atoms with Gasteiger partial charge in [0.1, 0.15) is 11.3 Å². The molecule has 0 N–H and O–H groups in total. The molecule has 1 aromatic heterocycles. The first-order chi connectivity index (χ1) is 18.5. The molecule has 0 bridgehead atoms. The topological polar surface area (TPSA) is 45.9 Å². The third-order valence-electron chi connectivity index (χ3n) is 7.16. The third-order valence-corrected chi connectivity index (χ3v) is 7.16. The molecule has 0 unspecified atom stereocenters. The van der Waals surface area contributed by atoms with Crippen LogP contribution in [0.2, 0.25) is 0 Å². The predicted octanol–water partition coefficient (Wildman–Crippen LogP) is 7.96. The van der Waals surface area contributed by atoms with Crippen molar-refractivity contribution in [3.8, 4) is 5.75 Å². The average Bonchev–Trinajstić information content (AvgIpc) is 3.32. The molecular formula is C31H41F3N2O3. The monoisotopic (exact) mass is 546 g/mol. The zero-order chi connectivity index (χ0) is 28.6. The number of amides is 1. The second-order valence-electron chi connectivity index (χ2n) is 10.4. The molecule has 0 aliphatic carbocycles. The molecule has 8 heteroatoms. The van der Waals surface area contributed by atoms with E-state index in [4.69, 9.17) is 9.15 Å².